The van der Waals surface area contributed by atoms with Crippen LogP contribution in [0.4, 0.5) is 5.69 Å². The molecule has 128 valence electrons. The number of ether oxygens (including phenoxy) is 1. The zero-order valence-corrected chi connectivity index (χ0v) is 16.4. The van der Waals surface area contributed by atoms with Crippen molar-refractivity contribution in [1.82, 2.24) is 0 Å². The first-order valence-corrected chi connectivity index (χ1v) is 9.31. The van der Waals surface area contributed by atoms with Crippen LogP contribution in [0.3, 0.4) is 0 Å². The van der Waals surface area contributed by atoms with Crippen LogP contribution in [0, 0.1) is 0 Å². The van der Waals surface area contributed by atoms with E-state index >= 15 is 0 Å². The maximum absolute atomic E-state index is 6.16. The highest BCUT2D eigenvalue weighted by Crippen LogP contribution is 2.28. The standard InChI is InChI=1S/C20H16BrCl2NO/c21-16-11-14(12-24-19-8-4-3-7-18(19)23)9-10-20(16)25-13-15-5-1-2-6-17(15)22/h1-11,24H,12-13H2. The van der Waals surface area contributed by atoms with Crippen molar-refractivity contribution in [3.8, 4) is 5.75 Å². The third-order valence-corrected chi connectivity index (χ3v) is 5.01. The molecule has 0 bridgehead atoms. The molecule has 0 amide bonds. The Morgan fingerprint density at radius 3 is 2.32 bits per heavy atom. The lowest BCUT2D eigenvalue weighted by Gasteiger charge is -2.12. The molecule has 0 atom stereocenters. The first-order chi connectivity index (χ1) is 12.1. The van der Waals surface area contributed by atoms with Crippen molar-refractivity contribution >= 4 is 44.8 Å². The maximum atomic E-state index is 6.16. The average Bonchev–Trinajstić information content (AvgIpc) is 2.61. The van der Waals surface area contributed by atoms with Crippen LogP contribution >= 0.6 is 39.1 Å². The molecule has 0 aromatic heterocycles. The Balaban J connectivity index is 1.63. The van der Waals surface area contributed by atoms with E-state index in [9.17, 15) is 0 Å². The van der Waals surface area contributed by atoms with Crippen molar-refractivity contribution in [3.05, 3.63) is 92.4 Å². The Hall–Kier alpha value is -1.68. The third kappa shape index (κ3) is 4.91. The van der Waals surface area contributed by atoms with Crippen LogP contribution in [-0.2, 0) is 13.2 Å². The summed E-state index contributed by atoms with van der Waals surface area (Å²) in [5, 5.41) is 4.75. The smallest absolute Gasteiger partial charge is 0.134 e. The molecule has 0 aliphatic carbocycles. The van der Waals surface area contributed by atoms with Gasteiger partial charge in [-0.05, 0) is 51.8 Å². The largest absolute Gasteiger partial charge is 0.488 e. The third-order valence-electron chi connectivity index (χ3n) is 3.69. The molecule has 2 nitrogen and oxygen atoms in total. The molecule has 0 aliphatic heterocycles. The summed E-state index contributed by atoms with van der Waals surface area (Å²) in [5.74, 6) is 0.779. The van der Waals surface area contributed by atoms with E-state index in [2.05, 4.69) is 21.2 Å². The fraction of sp³-hybridized carbons (Fsp3) is 0.100. The van der Waals surface area contributed by atoms with E-state index in [0.717, 1.165) is 27.0 Å². The van der Waals surface area contributed by atoms with Crippen molar-refractivity contribution in [1.29, 1.82) is 0 Å². The molecule has 1 N–H and O–H groups in total. The molecule has 0 saturated carbocycles. The first kappa shape index (κ1) is 18.1. The summed E-state index contributed by atoms with van der Waals surface area (Å²) in [4.78, 5) is 0. The lowest BCUT2D eigenvalue weighted by atomic mass is 10.2. The van der Waals surface area contributed by atoms with Gasteiger partial charge in [-0.15, -0.1) is 0 Å². The lowest BCUT2D eigenvalue weighted by Crippen LogP contribution is -2.01. The summed E-state index contributed by atoms with van der Waals surface area (Å²) in [6.07, 6.45) is 0. The number of halogens is 3. The minimum absolute atomic E-state index is 0.426. The van der Waals surface area contributed by atoms with Gasteiger partial charge in [0.15, 0.2) is 0 Å². The van der Waals surface area contributed by atoms with E-state index < -0.39 is 0 Å². The van der Waals surface area contributed by atoms with Gasteiger partial charge in [-0.1, -0.05) is 59.6 Å². The molecule has 0 fully saturated rings. The van der Waals surface area contributed by atoms with Crippen LogP contribution in [0.5, 0.6) is 5.75 Å². The van der Waals surface area contributed by atoms with Crippen molar-refractivity contribution in [2.75, 3.05) is 5.32 Å². The second-order valence-corrected chi connectivity index (χ2v) is 7.15. The Kier molecular flexibility index (Phi) is 6.24. The summed E-state index contributed by atoms with van der Waals surface area (Å²) in [5.41, 5.74) is 3.00. The average molecular weight is 437 g/mol. The highest BCUT2D eigenvalue weighted by atomic mass is 79.9. The molecule has 5 heteroatoms. The first-order valence-electron chi connectivity index (χ1n) is 7.76. The van der Waals surface area contributed by atoms with E-state index in [0.29, 0.717) is 23.2 Å². The van der Waals surface area contributed by atoms with E-state index in [4.69, 9.17) is 27.9 Å². The highest BCUT2D eigenvalue weighted by Gasteiger charge is 2.06. The lowest BCUT2D eigenvalue weighted by molar-refractivity contribution is 0.304. The number of para-hydroxylation sites is 1. The summed E-state index contributed by atoms with van der Waals surface area (Å²) < 4.78 is 6.77. The van der Waals surface area contributed by atoms with E-state index in [1.807, 2.05) is 66.7 Å². The zero-order chi connectivity index (χ0) is 17.6. The Morgan fingerprint density at radius 2 is 1.60 bits per heavy atom. The van der Waals surface area contributed by atoms with Gasteiger partial charge in [0.25, 0.3) is 0 Å². The van der Waals surface area contributed by atoms with Crippen LogP contribution in [0.15, 0.2) is 71.2 Å². The molecule has 3 aromatic carbocycles. The van der Waals surface area contributed by atoms with Crippen molar-refractivity contribution in [2.45, 2.75) is 13.2 Å². The topological polar surface area (TPSA) is 21.3 Å². The second-order valence-electron chi connectivity index (χ2n) is 5.48. The Morgan fingerprint density at radius 1 is 0.880 bits per heavy atom. The fourth-order valence-corrected chi connectivity index (χ4v) is 3.28. The quantitative estimate of drug-likeness (QED) is 0.451. The molecular formula is C20H16BrCl2NO. The van der Waals surface area contributed by atoms with Gasteiger partial charge in [-0.25, -0.2) is 0 Å². The van der Waals surface area contributed by atoms with Crippen molar-refractivity contribution in [2.24, 2.45) is 0 Å². The fourth-order valence-electron chi connectivity index (χ4n) is 2.34. The predicted octanol–water partition coefficient (Wildman–Crippen LogP) is 6.95. The molecule has 0 saturated heterocycles. The van der Waals surface area contributed by atoms with Gasteiger partial charge < -0.3 is 10.1 Å². The second kappa shape index (κ2) is 8.61. The summed E-state index contributed by atoms with van der Waals surface area (Å²) >= 11 is 15.9. The predicted molar refractivity (Wildman–Crippen MR) is 109 cm³/mol. The zero-order valence-electron chi connectivity index (χ0n) is 13.3. The number of rotatable bonds is 6. The highest BCUT2D eigenvalue weighted by molar-refractivity contribution is 9.10. The SMILES string of the molecule is Clc1ccccc1COc1ccc(CNc2ccccc2Cl)cc1Br. The van der Waals surface area contributed by atoms with Crippen LogP contribution in [-0.4, -0.2) is 0 Å². The molecule has 0 unspecified atom stereocenters. The van der Waals surface area contributed by atoms with Gasteiger partial charge in [0.2, 0.25) is 0 Å². The number of benzene rings is 3. The van der Waals surface area contributed by atoms with Gasteiger partial charge in [0.05, 0.1) is 15.2 Å². The molecule has 0 heterocycles. The monoisotopic (exact) mass is 435 g/mol. The number of anilines is 1. The Labute approximate surface area is 165 Å². The normalized spacial score (nSPS) is 10.5. The maximum Gasteiger partial charge on any atom is 0.134 e. The molecule has 0 aliphatic rings. The van der Waals surface area contributed by atoms with Crippen LogP contribution in [0.2, 0.25) is 10.0 Å². The summed E-state index contributed by atoms with van der Waals surface area (Å²) in [6, 6.07) is 21.4. The Bertz CT molecular complexity index is 870. The molecular weight excluding hydrogens is 421 g/mol. The van der Waals surface area contributed by atoms with Gasteiger partial charge in [0.1, 0.15) is 12.4 Å². The summed E-state index contributed by atoms with van der Waals surface area (Å²) in [7, 11) is 0. The van der Waals surface area contributed by atoms with E-state index in [1.54, 1.807) is 0 Å². The van der Waals surface area contributed by atoms with E-state index in [-0.39, 0.29) is 0 Å². The van der Waals surface area contributed by atoms with Crippen LogP contribution < -0.4 is 10.1 Å². The van der Waals surface area contributed by atoms with Crippen LogP contribution in [0.1, 0.15) is 11.1 Å². The molecule has 0 radical (unpaired) electrons. The van der Waals surface area contributed by atoms with Gasteiger partial charge >= 0.3 is 0 Å². The van der Waals surface area contributed by atoms with Gasteiger partial charge in [0, 0.05) is 17.1 Å². The van der Waals surface area contributed by atoms with E-state index in [1.165, 1.54) is 0 Å². The minimum atomic E-state index is 0.426. The van der Waals surface area contributed by atoms with Crippen molar-refractivity contribution in [3.63, 3.8) is 0 Å². The van der Waals surface area contributed by atoms with Gasteiger partial charge in [-0.2, -0.15) is 0 Å². The van der Waals surface area contributed by atoms with Crippen molar-refractivity contribution < 1.29 is 4.74 Å². The van der Waals surface area contributed by atoms with Gasteiger partial charge in [-0.3, -0.25) is 0 Å². The van der Waals surface area contributed by atoms with Crippen LogP contribution in [0.25, 0.3) is 0 Å². The molecule has 0 spiro atoms. The minimum Gasteiger partial charge on any atom is -0.488 e. The number of nitrogens with one attached hydrogen (secondary N) is 1. The number of hydrogen-bond acceptors (Lipinski definition) is 2. The molecule has 25 heavy (non-hydrogen) atoms. The molecule has 3 rings (SSSR count). The summed E-state index contributed by atoms with van der Waals surface area (Å²) in [6.45, 7) is 1.10. The molecule has 3 aromatic rings. The number of hydrogen-bond donors (Lipinski definition) is 1.